The predicted molar refractivity (Wildman–Crippen MR) is 114 cm³/mol. The van der Waals surface area contributed by atoms with Gasteiger partial charge in [-0.15, -0.1) is 0 Å². The van der Waals surface area contributed by atoms with Gasteiger partial charge in [0.15, 0.2) is 6.54 Å². The van der Waals surface area contributed by atoms with E-state index < -0.39 is 5.60 Å². The fourth-order valence-electron chi connectivity index (χ4n) is 7.26. The summed E-state index contributed by atoms with van der Waals surface area (Å²) >= 11 is 0. The summed E-state index contributed by atoms with van der Waals surface area (Å²) in [5, 5.41) is 13.8. The molecule has 6 rings (SSSR count). The Morgan fingerprint density at radius 3 is 2.35 bits per heavy atom. The van der Waals surface area contributed by atoms with E-state index in [4.69, 9.17) is 0 Å². The van der Waals surface area contributed by atoms with E-state index in [1.165, 1.54) is 18.6 Å². The summed E-state index contributed by atoms with van der Waals surface area (Å²) in [6.45, 7) is 3.20. The summed E-state index contributed by atoms with van der Waals surface area (Å²) in [7, 11) is 0. The van der Waals surface area contributed by atoms with Crippen molar-refractivity contribution < 1.29 is 24.0 Å². The first-order chi connectivity index (χ1) is 14.8. The topological polar surface area (TPSA) is 74.1 Å². The van der Waals surface area contributed by atoms with Crippen LogP contribution in [0.4, 0.5) is 10.1 Å². The minimum atomic E-state index is -0.523. The maximum absolute atomic E-state index is 13.1. The zero-order chi connectivity index (χ0) is 21.6. The normalized spacial score (nSPS) is 34.7. The number of nitrogens with one attached hydrogen (secondary N) is 2. The van der Waals surface area contributed by atoms with Gasteiger partial charge in [-0.1, -0.05) is 0 Å². The fourth-order valence-corrected chi connectivity index (χ4v) is 7.26. The van der Waals surface area contributed by atoms with Crippen LogP contribution in [0.1, 0.15) is 44.9 Å². The summed E-state index contributed by atoms with van der Waals surface area (Å²) in [5.74, 6) is 0.996. The van der Waals surface area contributed by atoms with Crippen LogP contribution in [-0.2, 0) is 9.59 Å². The number of rotatable bonds is 5. The molecule has 1 aromatic carbocycles. The first-order valence-corrected chi connectivity index (χ1v) is 11.7. The molecule has 4 atom stereocenters. The number of piperazine rings is 1. The number of anilines is 1. The number of carbonyl (C=O) groups is 2. The van der Waals surface area contributed by atoms with Gasteiger partial charge in [-0.2, -0.15) is 0 Å². The van der Waals surface area contributed by atoms with Crippen LogP contribution < -0.4 is 10.2 Å². The minimum absolute atomic E-state index is 0.00888. The molecule has 5 fully saturated rings. The molecule has 1 heterocycles. The number of benzene rings is 1. The van der Waals surface area contributed by atoms with Gasteiger partial charge in [0.05, 0.1) is 31.8 Å². The van der Waals surface area contributed by atoms with Gasteiger partial charge in [-0.05, 0) is 80.0 Å². The lowest BCUT2D eigenvalue weighted by Crippen LogP contribution is -3.15. The van der Waals surface area contributed by atoms with E-state index in [1.54, 1.807) is 12.1 Å². The summed E-state index contributed by atoms with van der Waals surface area (Å²) in [5.41, 5.74) is 0.0805. The molecule has 2 unspecified atom stereocenters. The Bertz CT molecular complexity index is 836. The van der Waals surface area contributed by atoms with E-state index in [2.05, 4.69) is 5.32 Å². The lowest BCUT2D eigenvalue weighted by molar-refractivity contribution is -0.895. The average Bonchev–Trinajstić information content (AvgIpc) is 2.68. The van der Waals surface area contributed by atoms with Crippen molar-refractivity contribution in [2.75, 3.05) is 38.0 Å². The molecule has 31 heavy (non-hydrogen) atoms. The molecule has 7 heteroatoms. The standard InChI is InChI=1S/C24H32FN3O3/c25-19-1-3-20(4-2-19)26-21(29)15-27-5-7-28(8-6-27)22(30)14-23-10-17-9-18(11-23)13-24(31,12-17)16-23/h1-4,17-18,31H,5-16H2,(H,26,29)/p+1/t17-,18+,23?,24?. The predicted octanol–water partition coefficient (Wildman–Crippen LogP) is 1.21. The second-order valence-corrected chi connectivity index (χ2v) is 10.7. The second-order valence-electron chi connectivity index (χ2n) is 10.7. The maximum Gasteiger partial charge on any atom is 0.279 e. The highest BCUT2D eigenvalue weighted by Crippen LogP contribution is 2.62. The van der Waals surface area contributed by atoms with E-state index in [0.29, 0.717) is 43.6 Å². The quantitative estimate of drug-likeness (QED) is 0.658. The molecular weight excluding hydrogens is 397 g/mol. The number of quaternary nitrogens is 1. The van der Waals surface area contributed by atoms with Crippen LogP contribution >= 0.6 is 0 Å². The largest absolute Gasteiger partial charge is 0.390 e. The van der Waals surface area contributed by atoms with Crippen LogP contribution in [-0.4, -0.2) is 60.1 Å². The average molecular weight is 431 g/mol. The van der Waals surface area contributed by atoms with Crippen LogP contribution in [0.3, 0.4) is 0 Å². The van der Waals surface area contributed by atoms with Gasteiger partial charge >= 0.3 is 0 Å². The number of carbonyl (C=O) groups excluding carboxylic acids is 2. The first kappa shape index (κ1) is 20.9. The van der Waals surface area contributed by atoms with Gasteiger partial charge in [-0.3, -0.25) is 9.59 Å². The first-order valence-electron chi connectivity index (χ1n) is 11.7. The smallest absolute Gasteiger partial charge is 0.279 e. The highest BCUT2D eigenvalue weighted by Gasteiger charge is 2.57. The summed E-state index contributed by atoms with van der Waals surface area (Å²) < 4.78 is 13.0. The van der Waals surface area contributed by atoms with Gasteiger partial charge in [-0.25, -0.2) is 4.39 Å². The molecule has 3 N–H and O–H groups in total. The number of amides is 2. The lowest BCUT2D eigenvalue weighted by Gasteiger charge is -2.60. The number of aliphatic hydroxyl groups is 1. The van der Waals surface area contributed by atoms with Crippen molar-refractivity contribution in [3.05, 3.63) is 30.1 Å². The number of hydrogen-bond donors (Lipinski definition) is 3. The lowest BCUT2D eigenvalue weighted by atomic mass is 9.47. The Balaban J connectivity index is 1.10. The second kappa shape index (κ2) is 7.85. The van der Waals surface area contributed by atoms with Crippen molar-refractivity contribution in [1.82, 2.24) is 4.90 Å². The molecule has 6 nitrogen and oxygen atoms in total. The molecule has 5 aliphatic rings. The Labute approximate surface area is 182 Å². The fraction of sp³-hybridized carbons (Fsp3) is 0.667. The molecule has 1 aliphatic heterocycles. The van der Waals surface area contributed by atoms with Crippen LogP contribution in [0.2, 0.25) is 0 Å². The number of halogens is 1. The molecule has 4 bridgehead atoms. The minimum Gasteiger partial charge on any atom is -0.390 e. The van der Waals surface area contributed by atoms with Crippen molar-refractivity contribution >= 4 is 17.5 Å². The molecule has 168 valence electrons. The molecule has 4 aliphatic carbocycles. The zero-order valence-electron chi connectivity index (χ0n) is 18.0. The molecule has 1 saturated heterocycles. The number of hydrogen-bond acceptors (Lipinski definition) is 3. The molecule has 0 radical (unpaired) electrons. The van der Waals surface area contributed by atoms with Gasteiger partial charge in [0, 0.05) is 12.1 Å². The van der Waals surface area contributed by atoms with E-state index in [0.717, 1.165) is 50.1 Å². The Morgan fingerprint density at radius 2 is 1.74 bits per heavy atom. The summed E-state index contributed by atoms with van der Waals surface area (Å²) in [6.07, 6.45) is 6.68. The highest BCUT2D eigenvalue weighted by atomic mass is 19.1. The third-order valence-electron chi connectivity index (χ3n) is 8.04. The van der Waals surface area contributed by atoms with Crippen LogP contribution in [0, 0.1) is 23.1 Å². The van der Waals surface area contributed by atoms with E-state index in [-0.39, 0.29) is 23.0 Å². The maximum atomic E-state index is 13.1. The zero-order valence-corrected chi connectivity index (χ0v) is 18.0. The SMILES string of the molecule is O=C(C[NH+]1CCN(C(=O)CC23C[C@@H]4C[C@@H](CC(O)(C4)C2)C3)CC1)Nc1ccc(F)cc1. The van der Waals surface area contributed by atoms with Crippen molar-refractivity contribution in [3.8, 4) is 0 Å². The molecule has 0 aromatic heterocycles. The highest BCUT2D eigenvalue weighted by molar-refractivity contribution is 5.91. The third-order valence-corrected chi connectivity index (χ3v) is 8.04. The van der Waals surface area contributed by atoms with E-state index in [1.807, 2.05) is 4.90 Å². The van der Waals surface area contributed by atoms with Crippen molar-refractivity contribution in [3.63, 3.8) is 0 Å². The monoisotopic (exact) mass is 430 g/mol. The molecule has 0 spiro atoms. The van der Waals surface area contributed by atoms with Crippen molar-refractivity contribution in [1.29, 1.82) is 0 Å². The summed E-state index contributed by atoms with van der Waals surface area (Å²) in [6, 6.07) is 5.77. The summed E-state index contributed by atoms with van der Waals surface area (Å²) in [4.78, 5) is 28.5. The van der Waals surface area contributed by atoms with Gasteiger partial charge in [0.2, 0.25) is 5.91 Å². The Morgan fingerprint density at radius 1 is 1.10 bits per heavy atom. The van der Waals surface area contributed by atoms with E-state index >= 15 is 0 Å². The van der Waals surface area contributed by atoms with E-state index in [9.17, 15) is 19.1 Å². The van der Waals surface area contributed by atoms with Crippen LogP contribution in [0.15, 0.2) is 24.3 Å². The van der Waals surface area contributed by atoms with Gasteiger partial charge in [0.25, 0.3) is 5.91 Å². The van der Waals surface area contributed by atoms with Crippen LogP contribution in [0.5, 0.6) is 0 Å². The number of nitrogens with zero attached hydrogens (tertiary/aromatic N) is 1. The third kappa shape index (κ3) is 4.48. The molecular formula is C24H33FN3O3+. The van der Waals surface area contributed by atoms with Crippen molar-refractivity contribution in [2.24, 2.45) is 17.3 Å². The van der Waals surface area contributed by atoms with Gasteiger partial charge < -0.3 is 20.2 Å². The molecule has 2 amide bonds. The van der Waals surface area contributed by atoms with Gasteiger partial charge in [0.1, 0.15) is 5.82 Å². The van der Waals surface area contributed by atoms with Crippen molar-refractivity contribution in [2.45, 2.75) is 50.5 Å². The Hall–Kier alpha value is -1.99. The molecule has 1 aromatic rings. The Kier molecular flexibility index (Phi) is 5.29. The molecule has 4 saturated carbocycles. The van der Waals surface area contributed by atoms with Crippen LogP contribution in [0.25, 0.3) is 0 Å².